The Morgan fingerprint density at radius 2 is 2.20 bits per heavy atom. The van der Waals surface area contributed by atoms with E-state index in [1.54, 1.807) is 16.9 Å². The third kappa shape index (κ3) is 2.03. The van der Waals surface area contributed by atoms with E-state index in [4.69, 9.17) is 0 Å². The van der Waals surface area contributed by atoms with Gasteiger partial charge in [0, 0.05) is 24.0 Å². The molecule has 0 atom stereocenters. The van der Waals surface area contributed by atoms with Gasteiger partial charge >= 0.3 is 6.03 Å². The minimum Gasteiger partial charge on any atom is -0.301 e. The molecule has 0 unspecified atom stereocenters. The smallest absolute Gasteiger partial charge is 0.301 e. The molecule has 7 nitrogen and oxygen atoms in total. The van der Waals surface area contributed by atoms with Crippen molar-refractivity contribution in [2.24, 2.45) is 0 Å². The molecule has 1 aromatic carbocycles. The molecule has 20 heavy (non-hydrogen) atoms. The van der Waals surface area contributed by atoms with E-state index in [0.29, 0.717) is 12.2 Å². The van der Waals surface area contributed by atoms with Gasteiger partial charge in [-0.2, -0.15) is 5.10 Å². The summed E-state index contributed by atoms with van der Waals surface area (Å²) in [7, 11) is 0. The molecule has 1 fully saturated rings. The normalized spacial score (nSPS) is 15.5. The second-order valence-electron chi connectivity index (χ2n) is 4.49. The van der Waals surface area contributed by atoms with Crippen LogP contribution in [0.1, 0.15) is 6.42 Å². The molecule has 0 aliphatic carbocycles. The molecular weight excluding hydrogens is 260 g/mol. The SMILES string of the molecule is O=CCn1ncc2cc(N3CCC(=O)NC3=O)ccc21. The number of fused-ring (bicyclic) bond motifs is 1. The number of hydrogen-bond acceptors (Lipinski definition) is 4. The average Bonchev–Trinajstić information content (AvgIpc) is 2.82. The van der Waals surface area contributed by atoms with Crippen molar-refractivity contribution >= 4 is 34.8 Å². The summed E-state index contributed by atoms with van der Waals surface area (Å²) in [4.78, 5) is 35.0. The van der Waals surface area contributed by atoms with Gasteiger partial charge in [-0.15, -0.1) is 0 Å². The highest BCUT2D eigenvalue weighted by atomic mass is 16.2. The lowest BCUT2D eigenvalue weighted by Gasteiger charge is -2.26. The van der Waals surface area contributed by atoms with Gasteiger partial charge in [0.15, 0.2) is 0 Å². The summed E-state index contributed by atoms with van der Waals surface area (Å²) < 4.78 is 1.59. The number of urea groups is 1. The van der Waals surface area contributed by atoms with Gasteiger partial charge in [-0.05, 0) is 18.2 Å². The standard InChI is InChI=1S/C13H12N4O3/c18-6-5-17-11-2-1-10(7-9(11)8-14-17)16-4-3-12(19)15-13(16)20/h1-2,6-8H,3-5H2,(H,15,19,20). The van der Waals surface area contributed by atoms with Crippen LogP contribution in [0, 0.1) is 0 Å². The highest BCUT2D eigenvalue weighted by Crippen LogP contribution is 2.23. The first-order valence-corrected chi connectivity index (χ1v) is 6.19. The van der Waals surface area contributed by atoms with Gasteiger partial charge in [0.25, 0.3) is 0 Å². The number of anilines is 1. The number of aldehydes is 1. The minimum absolute atomic E-state index is 0.196. The molecule has 1 N–H and O–H groups in total. The van der Waals surface area contributed by atoms with Crippen molar-refractivity contribution in [3.05, 3.63) is 24.4 Å². The van der Waals surface area contributed by atoms with Crippen LogP contribution in [0.2, 0.25) is 0 Å². The Labute approximate surface area is 114 Å². The summed E-state index contributed by atoms with van der Waals surface area (Å²) in [6, 6.07) is 4.99. The van der Waals surface area contributed by atoms with Crippen molar-refractivity contribution < 1.29 is 14.4 Å². The summed E-state index contributed by atoms with van der Waals surface area (Å²) in [5, 5.41) is 7.24. The molecule has 1 aromatic heterocycles. The van der Waals surface area contributed by atoms with E-state index < -0.39 is 6.03 Å². The van der Waals surface area contributed by atoms with Crippen LogP contribution < -0.4 is 10.2 Å². The molecular formula is C13H12N4O3. The number of carbonyl (C=O) groups excluding carboxylic acids is 3. The van der Waals surface area contributed by atoms with Crippen LogP contribution in [-0.2, 0) is 16.1 Å². The zero-order chi connectivity index (χ0) is 14.1. The van der Waals surface area contributed by atoms with E-state index in [-0.39, 0.29) is 18.9 Å². The lowest BCUT2D eigenvalue weighted by Crippen LogP contribution is -2.49. The van der Waals surface area contributed by atoms with Crippen LogP contribution >= 0.6 is 0 Å². The minimum atomic E-state index is -0.416. The largest absolute Gasteiger partial charge is 0.328 e. The molecule has 1 aliphatic heterocycles. The molecule has 0 spiro atoms. The zero-order valence-corrected chi connectivity index (χ0v) is 10.6. The van der Waals surface area contributed by atoms with Crippen molar-refractivity contribution in [3.63, 3.8) is 0 Å². The Kier molecular flexibility index (Phi) is 2.94. The monoisotopic (exact) mass is 272 g/mol. The Morgan fingerprint density at radius 1 is 1.35 bits per heavy atom. The van der Waals surface area contributed by atoms with Gasteiger partial charge in [0.05, 0.1) is 18.3 Å². The first kappa shape index (κ1) is 12.3. The first-order valence-electron chi connectivity index (χ1n) is 6.19. The zero-order valence-electron chi connectivity index (χ0n) is 10.6. The van der Waals surface area contributed by atoms with Gasteiger partial charge in [0.1, 0.15) is 6.29 Å². The number of carbonyl (C=O) groups is 3. The molecule has 2 heterocycles. The quantitative estimate of drug-likeness (QED) is 0.833. The molecule has 102 valence electrons. The van der Waals surface area contributed by atoms with Crippen LogP contribution in [0.3, 0.4) is 0 Å². The topological polar surface area (TPSA) is 84.3 Å². The van der Waals surface area contributed by atoms with E-state index in [9.17, 15) is 14.4 Å². The van der Waals surface area contributed by atoms with Crippen molar-refractivity contribution in [1.82, 2.24) is 15.1 Å². The third-order valence-corrected chi connectivity index (χ3v) is 3.24. The summed E-state index contributed by atoms with van der Waals surface area (Å²) in [6.07, 6.45) is 2.72. The molecule has 3 amide bonds. The van der Waals surface area contributed by atoms with Crippen molar-refractivity contribution in [3.8, 4) is 0 Å². The molecule has 1 saturated heterocycles. The fourth-order valence-corrected chi connectivity index (χ4v) is 2.27. The summed E-state index contributed by atoms with van der Waals surface area (Å²) in [5.41, 5.74) is 1.53. The van der Waals surface area contributed by atoms with Gasteiger partial charge in [-0.25, -0.2) is 4.79 Å². The second kappa shape index (κ2) is 4.76. The number of amides is 3. The predicted molar refractivity (Wildman–Crippen MR) is 71.3 cm³/mol. The summed E-state index contributed by atoms with van der Waals surface area (Å²) >= 11 is 0. The van der Waals surface area contributed by atoms with Gasteiger partial charge < -0.3 is 4.79 Å². The molecule has 1 aliphatic rings. The molecule has 2 aromatic rings. The lowest BCUT2D eigenvalue weighted by molar-refractivity contribution is -0.120. The number of nitrogens with one attached hydrogen (secondary N) is 1. The molecule has 0 radical (unpaired) electrons. The molecule has 0 bridgehead atoms. The lowest BCUT2D eigenvalue weighted by atomic mass is 10.2. The van der Waals surface area contributed by atoms with E-state index in [0.717, 1.165) is 17.2 Å². The second-order valence-corrected chi connectivity index (χ2v) is 4.49. The maximum Gasteiger partial charge on any atom is 0.328 e. The van der Waals surface area contributed by atoms with Crippen LogP contribution in [-0.4, -0.2) is 34.5 Å². The van der Waals surface area contributed by atoms with Gasteiger partial charge in [-0.3, -0.25) is 19.7 Å². The highest BCUT2D eigenvalue weighted by Gasteiger charge is 2.24. The van der Waals surface area contributed by atoms with Crippen LogP contribution in [0.25, 0.3) is 10.9 Å². The Morgan fingerprint density at radius 3 is 2.95 bits per heavy atom. The number of imide groups is 1. The first-order chi connectivity index (χ1) is 9.69. The van der Waals surface area contributed by atoms with Crippen molar-refractivity contribution in [2.75, 3.05) is 11.4 Å². The summed E-state index contributed by atoms with van der Waals surface area (Å²) in [5.74, 6) is -0.258. The Hall–Kier alpha value is -2.70. The fraction of sp³-hybridized carbons (Fsp3) is 0.231. The summed E-state index contributed by atoms with van der Waals surface area (Å²) in [6.45, 7) is 0.556. The van der Waals surface area contributed by atoms with E-state index in [1.165, 1.54) is 4.90 Å². The molecule has 0 saturated carbocycles. The van der Waals surface area contributed by atoms with E-state index in [2.05, 4.69) is 10.4 Å². The van der Waals surface area contributed by atoms with Crippen LogP contribution in [0.4, 0.5) is 10.5 Å². The fourth-order valence-electron chi connectivity index (χ4n) is 2.27. The number of hydrogen-bond donors (Lipinski definition) is 1. The molecule has 3 rings (SSSR count). The Bertz CT molecular complexity index is 707. The van der Waals surface area contributed by atoms with Crippen molar-refractivity contribution in [2.45, 2.75) is 13.0 Å². The average molecular weight is 272 g/mol. The predicted octanol–water partition coefficient (Wildman–Crippen LogP) is 0.681. The van der Waals surface area contributed by atoms with E-state index >= 15 is 0 Å². The highest BCUT2D eigenvalue weighted by molar-refractivity contribution is 6.06. The van der Waals surface area contributed by atoms with Crippen molar-refractivity contribution in [1.29, 1.82) is 0 Å². The van der Waals surface area contributed by atoms with Crippen LogP contribution in [0.5, 0.6) is 0 Å². The third-order valence-electron chi connectivity index (χ3n) is 3.24. The molecule has 7 heteroatoms. The maximum absolute atomic E-state index is 11.8. The number of rotatable bonds is 3. The van der Waals surface area contributed by atoms with Gasteiger partial charge in [-0.1, -0.05) is 0 Å². The number of benzene rings is 1. The van der Waals surface area contributed by atoms with Crippen LogP contribution in [0.15, 0.2) is 24.4 Å². The maximum atomic E-state index is 11.8. The Balaban J connectivity index is 1.95. The number of nitrogens with zero attached hydrogens (tertiary/aromatic N) is 3. The van der Waals surface area contributed by atoms with Gasteiger partial charge in [0.2, 0.25) is 5.91 Å². The van der Waals surface area contributed by atoms with E-state index in [1.807, 2.05) is 12.1 Å². The number of aromatic nitrogens is 2.